The summed E-state index contributed by atoms with van der Waals surface area (Å²) in [6.45, 7) is 15.3. The summed E-state index contributed by atoms with van der Waals surface area (Å²) < 4.78 is 0. The first-order chi connectivity index (χ1) is 13.7. The number of guanidine groups is 1. The lowest BCUT2D eigenvalue weighted by molar-refractivity contribution is 0.315. The Morgan fingerprint density at radius 3 is 2.57 bits per heavy atom. The first kappa shape index (κ1) is 19.6. The van der Waals surface area contributed by atoms with Crippen molar-refractivity contribution in [3.05, 3.63) is 29.3 Å². The molecule has 0 amide bonds. The van der Waals surface area contributed by atoms with E-state index < -0.39 is 0 Å². The van der Waals surface area contributed by atoms with Crippen molar-refractivity contribution in [1.82, 2.24) is 15.1 Å². The molecule has 2 heterocycles. The second kappa shape index (κ2) is 8.73. The third-order valence-corrected chi connectivity index (χ3v) is 6.71. The lowest BCUT2D eigenvalue weighted by Crippen LogP contribution is -2.52. The predicted molar refractivity (Wildman–Crippen MR) is 118 cm³/mol. The number of hydrogen-bond acceptors (Lipinski definition) is 3. The molecule has 3 aliphatic rings. The summed E-state index contributed by atoms with van der Waals surface area (Å²) in [6.07, 6.45) is 4.16. The number of nitrogens with zero attached hydrogens (tertiary/aromatic N) is 4. The van der Waals surface area contributed by atoms with E-state index >= 15 is 0 Å². The van der Waals surface area contributed by atoms with Crippen LogP contribution in [0.1, 0.15) is 37.3 Å². The number of likely N-dealkylation sites (tertiary alicyclic amines) is 1. The number of nitrogens with one attached hydrogen (secondary N) is 1. The number of piperazine rings is 1. The Morgan fingerprint density at radius 1 is 1.07 bits per heavy atom. The van der Waals surface area contributed by atoms with E-state index in [1.54, 1.807) is 0 Å². The van der Waals surface area contributed by atoms with Gasteiger partial charge in [0.05, 0.1) is 0 Å². The molecule has 5 nitrogen and oxygen atoms in total. The van der Waals surface area contributed by atoms with Crippen molar-refractivity contribution in [2.45, 2.75) is 46.1 Å². The zero-order chi connectivity index (χ0) is 19.5. The second-order valence-electron chi connectivity index (χ2n) is 8.77. The number of aliphatic imine (C=N–C) groups is 1. The van der Waals surface area contributed by atoms with Gasteiger partial charge in [-0.1, -0.05) is 12.1 Å². The van der Waals surface area contributed by atoms with Gasteiger partial charge in [-0.2, -0.15) is 0 Å². The van der Waals surface area contributed by atoms with Crippen LogP contribution in [-0.4, -0.2) is 74.2 Å². The molecule has 5 heteroatoms. The monoisotopic (exact) mass is 383 g/mol. The van der Waals surface area contributed by atoms with Gasteiger partial charge in [0.2, 0.25) is 0 Å². The molecule has 2 saturated heterocycles. The molecule has 0 bridgehead atoms. The van der Waals surface area contributed by atoms with E-state index in [1.165, 1.54) is 49.2 Å². The van der Waals surface area contributed by atoms with E-state index in [4.69, 9.17) is 4.99 Å². The van der Waals surface area contributed by atoms with Crippen LogP contribution in [0.15, 0.2) is 23.2 Å². The lowest BCUT2D eigenvalue weighted by atomic mass is 10.1. The Bertz CT molecular complexity index is 688. The van der Waals surface area contributed by atoms with Gasteiger partial charge in [-0.15, -0.1) is 0 Å². The van der Waals surface area contributed by atoms with Gasteiger partial charge in [0, 0.05) is 57.5 Å². The van der Waals surface area contributed by atoms with Crippen LogP contribution in [0.25, 0.3) is 0 Å². The van der Waals surface area contributed by atoms with Crippen LogP contribution >= 0.6 is 0 Å². The summed E-state index contributed by atoms with van der Waals surface area (Å²) in [4.78, 5) is 12.7. The van der Waals surface area contributed by atoms with Crippen molar-refractivity contribution < 1.29 is 0 Å². The molecular formula is C23H37N5. The van der Waals surface area contributed by atoms with Crippen LogP contribution in [0.5, 0.6) is 0 Å². The molecule has 1 aliphatic carbocycles. The van der Waals surface area contributed by atoms with Crippen molar-refractivity contribution >= 4 is 11.6 Å². The van der Waals surface area contributed by atoms with E-state index in [1.807, 2.05) is 0 Å². The standard InChI is InChI=1S/C23H37N5/c1-4-24-23(25-16-20-10-11-28(17-20)21-8-9-21)27-14-12-26(13-15-27)22-7-5-6-18(2)19(22)3/h5-7,20-21H,4,8-17H2,1-3H3,(H,24,25). The number of anilines is 1. The van der Waals surface area contributed by atoms with Crippen molar-refractivity contribution in [3.63, 3.8) is 0 Å². The topological polar surface area (TPSA) is 34.1 Å². The average Bonchev–Trinajstić information content (AvgIpc) is 3.46. The quantitative estimate of drug-likeness (QED) is 0.626. The number of benzene rings is 1. The molecule has 2 aliphatic heterocycles. The van der Waals surface area contributed by atoms with Gasteiger partial charge in [-0.3, -0.25) is 4.99 Å². The minimum Gasteiger partial charge on any atom is -0.368 e. The maximum Gasteiger partial charge on any atom is 0.194 e. The second-order valence-corrected chi connectivity index (χ2v) is 8.77. The Kier molecular flexibility index (Phi) is 6.10. The van der Waals surface area contributed by atoms with Gasteiger partial charge in [-0.25, -0.2) is 0 Å². The fraction of sp³-hybridized carbons (Fsp3) is 0.696. The van der Waals surface area contributed by atoms with Gasteiger partial charge in [0.15, 0.2) is 5.96 Å². The molecule has 0 spiro atoms. The summed E-state index contributed by atoms with van der Waals surface area (Å²) in [6, 6.07) is 7.56. The molecule has 28 heavy (non-hydrogen) atoms. The van der Waals surface area contributed by atoms with Crippen molar-refractivity contribution in [2.75, 3.05) is 57.3 Å². The third-order valence-electron chi connectivity index (χ3n) is 6.71. The van der Waals surface area contributed by atoms with E-state index in [-0.39, 0.29) is 0 Å². The molecule has 154 valence electrons. The molecule has 3 fully saturated rings. The van der Waals surface area contributed by atoms with Crippen LogP contribution in [0.4, 0.5) is 5.69 Å². The Hall–Kier alpha value is -1.75. The van der Waals surface area contributed by atoms with E-state index in [2.05, 4.69) is 59.0 Å². The molecule has 0 aromatic heterocycles. The Morgan fingerprint density at radius 2 is 1.86 bits per heavy atom. The molecule has 1 atom stereocenters. The highest BCUT2D eigenvalue weighted by molar-refractivity contribution is 5.80. The summed E-state index contributed by atoms with van der Waals surface area (Å²) in [5, 5.41) is 3.54. The first-order valence-electron chi connectivity index (χ1n) is 11.2. The molecule has 1 aromatic carbocycles. The number of aryl methyl sites for hydroxylation is 1. The lowest BCUT2D eigenvalue weighted by Gasteiger charge is -2.38. The summed E-state index contributed by atoms with van der Waals surface area (Å²) in [7, 11) is 0. The predicted octanol–water partition coefficient (Wildman–Crippen LogP) is 2.88. The van der Waals surface area contributed by atoms with E-state index in [9.17, 15) is 0 Å². The molecule has 1 unspecified atom stereocenters. The fourth-order valence-electron chi connectivity index (χ4n) is 4.66. The Balaban J connectivity index is 1.33. The van der Waals surface area contributed by atoms with E-state index in [0.29, 0.717) is 0 Å². The minimum atomic E-state index is 0.741. The van der Waals surface area contributed by atoms with Crippen LogP contribution in [-0.2, 0) is 0 Å². The summed E-state index contributed by atoms with van der Waals surface area (Å²) in [5.74, 6) is 1.86. The van der Waals surface area contributed by atoms with Gasteiger partial charge in [-0.05, 0) is 69.7 Å². The zero-order valence-electron chi connectivity index (χ0n) is 18.0. The minimum absolute atomic E-state index is 0.741. The highest BCUT2D eigenvalue weighted by atomic mass is 15.3. The van der Waals surface area contributed by atoms with Crippen molar-refractivity contribution in [1.29, 1.82) is 0 Å². The molecule has 1 aromatic rings. The highest BCUT2D eigenvalue weighted by Gasteiger charge is 2.34. The molecule has 1 N–H and O–H groups in total. The average molecular weight is 384 g/mol. The van der Waals surface area contributed by atoms with Crippen LogP contribution < -0.4 is 10.2 Å². The van der Waals surface area contributed by atoms with Gasteiger partial charge >= 0.3 is 0 Å². The maximum absolute atomic E-state index is 5.05. The number of hydrogen-bond donors (Lipinski definition) is 1. The summed E-state index contributed by atoms with van der Waals surface area (Å²) >= 11 is 0. The molecule has 4 rings (SSSR count). The summed E-state index contributed by atoms with van der Waals surface area (Å²) in [5.41, 5.74) is 4.19. The van der Waals surface area contributed by atoms with E-state index in [0.717, 1.165) is 57.2 Å². The molecular weight excluding hydrogens is 346 g/mol. The third kappa shape index (κ3) is 4.45. The zero-order valence-corrected chi connectivity index (χ0v) is 18.0. The maximum atomic E-state index is 5.05. The normalized spacial score (nSPS) is 24.1. The van der Waals surface area contributed by atoms with Crippen LogP contribution in [0.2, 0.25) is 0 Å². The number of rotatable bonds is 5. The van der Waals surface area contributed by atoms with Gasteiger partial charge in [0.1, 0.15) is 0 Å². The largest absolute Gasteiger partial charge is 0.368 e. The molecule has 1 saturated carbocycles. The smallest absolute Gasteiger partial charge is 0.194 e. The Labute approximate surface area is 170 Å². The van der Waals surface area contributed by atoms with Crippen LogP contribution in [0, 0.1) is 19.8 Å². The van der Waals surface area contributed by atoms with Crippen LogP contribution in [0.3, 0.4) is 0 Å². The van der Waals surface area contributed by atoms with Gasteiger partial charge < -0.3 is 20.0 Å². The van der Waals surface area contributed by atoms with Crippen molar-refractivity contribution in [3.8, 4) is 0 Å². The highest BCUT2D eigenvalue weighted by Crippen LogP contribution is 2.31. The first-order valence-corrected chi connectivity index (χ1v) is 11.2. The molecule has 0 radical (unpaired) electrons. The van der Waals surface area contributed by atoms with Crippen molar-refractivity contribution in [2.24, 2.45) is 10.9 Å². The fourth-order valence-corrected chi connectivity index (χ4v) is 4.66. The SMILES string of the molecule is CCNC(=NCC1CCN(C2CC2)C1)N1CCN(c2cccc(C)c2C)CC1. The van der Waals surface area contributed by atoms with Gasteiger partial charge in [0.25, 0.3) is 0 Å².